The molecule has 0 radical (unpaired) electrons. The minimum absolute atomic E-state index is 0.370. The van der Waals surface area contributed by atoms with Crippen LogP contribution in [0.2, 0.25) is 0 Å². The third-order valence-electron chi connectivity index (χ3n) is 2.85. The van der Waals surface area contributed by atoms with Gasteiger partial charge in [-0.25, -0.2) is 4.79 Å². The molecule has 3 aromatic heterocycles. The Bertz CT molecular complexity index is 774. The lowest BCUT2D eigenvalue weighted by molar-refractivity contribution is 0.0702. The maximum absolute atomic E-state index is 10.9. The predicted octanol–water partition coefficient (Wildman–Crippen LogP) is 4.55. The molecule has 3 nitrogen and oxygen atoms in total. The van der Waals surface area contributed by atoms with Gasteiger partial charge in [0.05, 0.1) is 0 Å². The molecule has 0 atom stereocenters. The van der Waals surface area contributed by atoms with E-state index in [0.29, 0.717) is 4.88 Å². The van der Waals surface area contributed by atoms with Crippen molar-refractivity contribution in [1.82, 2.24) is 4.98 Å². The van der Waals surface area contributed by atoms with Crippen molar-refractivity contribution in [3.8, 4) is 20.2 Å². The standard InChI is InChI=1S/C15H11NO2S2/c1-9-8-10(6-7-16-9)11-2-3-12(19-11)13-4-5-14(20-13)15(17)18/h2-8H,1H3,(H,17,18). The number of carbonyl (C=O) groups is 1. The van der Waals surface area contributed by atoms with E-state index in [2.05, 4.69) is 11.1 Å². The second-order valence-electron chi connectivity index (χ2n) is 4.32. The summed E-state index contributed by atoms with van der Waals surface area (Å²) in [4.78, 5) is 18.7. The topological polar surface area (TPSA) is 50.2 Å². The van der Waals surface area contributed by atoms with Crippen molar-refractivity contribution in [2.24, 2.45) is 0 Å². The fraction of sp³-hybridized carbons (Fsp3) is 0.0667. The van der Waals surface area contributed by atoms with Crippen molar-refractivity contribution in [3.63, 3.8) is 0 Å². The number of aromatic carboxylic acids is 1. The summed E-state index contributed by atoms with van der Waals surface area (Å²) in [6, 6.07) is 11.6. The Labute approximate surface area is 124 Å². The van der Waals surface area contributed by atoms with Crippen LogP contribution in [-0.4, -0.2) is 16.1 Å². The average molecular weight is 301 g/mol. The summed E-state index contributed by atoms with van der Waals surface area (Å²) in [5, 5.41) is 8.97. The van der Waals surface area contributed by atoms with Crippen molar-refractivity contribution >= 4 is 28.6 Å². The average Bonchev–Trinajstić information content (AvgIpc) is 3.08. The number of carboxylic acid groups (broad SMARTS) is 1. The van der Waals surface area contributed by atoms with Crippen molar-refractivity contribution in [2.75, 3.05) is 0 Å². The first-order valence-electron chi connectivity index (χ1n) is 6.00. The third kappa shape index (κ3) is 2.50. The zero-order valence-electron chi connectivity index (χ0n) is 10.7. The van der Waals surface area contributed by atoms with Crippen molar-refractivity contribution < 1.29 is 9.90 Å². The van der Waals surface area contributed by atoms with E-state index in [1.807, 2.05) is 31.2 Å². The van der Waals surface area contributed by atoms with Gasteiger partial charge in [0.25, 0.3) is 0 Å². The van der Waals surface area contributed by atoms with E-state index in [0.717, 1.165) is 25.9 Å². The second-order valence-corrected chi connectivity index (χ2v) is 6.49. The van der Waals surface area contributed by atoms with E-state index in [1.54, 1.807) is 23.6 Å². The normalized spacial score (nSPS) is 10.7. The fourth-order valence-corrected chi connectivity index (χ4v) is 3.85. The highest BCUT2D eigenvalue weighted by molar-refractivity contribution is 7.24. The van der Waals surface area contributed by atoms with Crippen molar-refractivity contribution in [2.45, 2.75) is 6.92 Å². The minimum atomic E-state index is -0.872. The van der Waals surface area contributed by atoms with Gasteiger partial charge in [-0.1, -0.05) is 0 Å². The molecule has 0 saturated carbocycles. The highest BCUT2D eigenvalue weighted by Crippen LogP contribution is 2.37. The summed E-state index contributed by atoms with van der Waals surface area (Å²) in [7, 11) is 0. The Kier molecular flexibility index (Phi) is 3.38. The van der Waals surface area contributed by atoms with E-state index in [-0.39, 0.29) is 0 Å². The van der Waals surface area contributed by atoms with Crippen LogP contribution in [0.15, 0.2) is 42.6 Å². The van der Waals surface area contributed by atoms with Gasteiger partial charge in [0.1, 0.15) is 4.88 Å². The van der Waals surface area contributed by atoms with Crippen LogP contribution < -0.4 is 0 Å². The number of aryl methyl sites for hydroxylation is 1. The Morgan fingerprint density at radius 2 is 1.75 bits per heavy atom. The van der Waals surface area contributed by atoms with E-state index >= 15 is 0 Å². The largest absolute Gasteiger partial charge is 0.477 e. The maximum atomic E-state index is 10.9. The molecule has 1 N–H and O–H groups in total. The first kappa shape index (κ1) is 13.0. The SMILES string of the molecule is Cc1cc(-c2ccc(-c3ccc(C(=O)O)s3)s2)ccn1. The summed E-state index contributed by atoms with van der Waals surface area (Å²) in [5.74, 6) is -0.872. The van der Waals surface area contributed by atoms with Gasteiger partial charge in [0.15, 0.2) is 0 Å². The number of rotatable bonds is 3. The Morgan fingerprint density at radius 1 is 1.05 bits per heavy atom. The molecule has 3 aromatic rings. The predicted molar refractivity (Wildman–Crippen MR) is 82.6 cm³/mol. The van der Waals surface area contributed by atoms with Crippen LogP contribution in [0.1, 0.15) is 15.4 Å². The molecule has 0 aliphatic rings. The molecular formula is C15H11NO2S2. The first-order valence-corrected chi connectivity index (χ1v) is 7.63. The highest BCUT2D eigenvalue weighted by atomic mass is 32.1. The number of aromatic nitrogens is 1. The maximum Gasteiger partial charge on any atom is 0.345 e. The molecule has 0 aliphatic carbocycles. The van der Waals surface area contributed by atoms with Crippen LogP contribution in [0.3, 0.4) is 0 Å². The molecule has 20 heavy (non-hydrogen) atoms. The molecule has 0 aromatic carbocycles. The van der Waals surface area contributed by atoms with Crippen LogP contribution >= 0.6 is 22.7 Å². The highest BCUT2D eigenvalue weighted by Gasteiger charge is 2.11. The van der Waals surface area contributed by atoms with Crippen LogP contribution in [-0.2, 0) is 0 Å². The summed E-state index contributed by atoms with van der Waals surface area (Å²) in [6.07, 6.45) is 1.80. The van der Waals surface area contributed by atoms with Gasteiger partial charge in [-0.3, -0.25) is 4.98 Å². The van der Waals surface area contributed by atoms with Crippen LogP contribution in [0.5, 0.6) is 0 Å². The molecule has 0 amide bonds. The number of thiophene rings is 2. The monoisotopic (exact) mass is 301 g/mol. The van der Waals surface area contributed by atoms with Crippen molar-refractivity contribution in [1.29, 1.82) is 0 Å². The molecule has 0 unspecified atom stereocenters. The van der Waals surface area contributed by atoms with Crippen LogP contribution in [0.25, 0.3) is 20.2 Å². The summed E-state index contributed by atoms with van der Waals surface area (Å²) in [6.45, 7) is 1.97. The number of hydrogen-bond donors (Lipinski definition) is 1. The number of pyridine rings is 1. The van der Waals surface area contributed by atoms with Crippen molar-refractivity contribution in [3.05, 3.63) is 53.2 Å². The van der Waals surface area contributed by atoms with E-state index in [1.165, 1.54) is 11.3 Å². The van der Waals surface area contributed by atoms with E-state index < -0.39 is 5.97 Å². The van der Waals surface area contributed by atoms with Gasteiger partial charge >= 0.3 is 5.97 Å². The molecule has 100 valence electrons. The molecule has 3 rings (SSSR count). The van der Waals surface area contributed by atoms with Gasteiger partial charge in [0.2, 0.25) is 0 Å². The third-order valence-corrected chi connectivity index (χ3v) is 5.25. The van der Waals surface area contributed by atoms with Gasteiger partial charge in [-0.15, -0.1) is 22.7 Å². The molecule has 0 fully saturated rings. The lowest BCUT2D eigenvalue weighted by Crippen LogP contribution is -1.89. The lowest BCUT2D eigenvalue weighted by atomic mass is 10.2. The van der Waals surface area contributed by atoms with Gasteiger partial charge in [0, 0.05) is 26.5 Å². The Balaban J connectivity index is 1.95. The number of nitrogens with zero attached hydrogens (tertiary/aromatic N) is 1. The molecule has 0 aliphatic heterocycles. The second kappa shape index (κ2) is 5.19. The lowest BCUT2D eigenvalue weighted by Gasteiger charge is -1.97. The Hall–Kier alpha value is -1.98. The number of hydrogen-bond acceptors (Lipinski definition) is 4. The summed E-state index contributed by atoms with van der Waals surface area (Å²) < 4.78 is 0. The molecule has 5 heteroatoms. The van der Waals surface area contributed by atoms with E-state index in [4.69, 9.17) is 5.11 Å². The van der Waals surface area contributed by atoms with Crippen LogP contribution in [0.4, 0.5) is 0 Å². The van der Waals surface area contributed by atoms with E-state index in [9.17, 15) is 4.79 Å². The van der Waals surface area contributed by atoms with Gasteiger partial charge in [-0.2, -0.15) is 0 Å². The zero-order chi connectivity index (χ0) is 14.1. The minimum Gasteiger partial charge on any atom is -0.477 e. The molecular weight excluding hydrogens is 290 g/mol. The molecule has 0 saturated heterocycles. The molecule has 0 bridgehead atoms. The molecule has 0 spiro atoms. The smallest absolute Gasteiger partial charge is 0.345 e. The van der Waals surface area contributed by atoms with Gasteiger partial charge < -0.3 is 5.11 Å². The summed E-state index contributed by atoms with van der Waals surface area (Å²) in [5.41, 5.74) is 2.13. The zero-order valence-corrected chi connectivity index (χ0v) is 12.3. The summed E-state index contributed by atoms with van der Waals surface area (Å²) >= 11 is 2.97. The van der Waals surface area contributed by atoms with Crippen LogP contribution in [0, 0.1) is 6.92 Å². The molecule has 3 heterocycles. The quantitative estimate of drug-likeness (QED) is 0.772. The Morgan fingerprint density at radius 3 is 2.45 bits per heavy atom. The first-order chi connectivity index (χ1) is 9.63. The number of carboxylic acids is 1. The van der Waals surface area contributed by atoms with Gasteiger partial charge in [-0.05, 0) is 48.9 Å². The fourth-order valence-electron chi connectivity index (χ4n) is 1.91.